The van der Waals surface area contributed by atoms with Gasteiger partial charge in [0, 0.05) is 11.3 Å². The van der Waals surface area contributed by atoms with Crippen LogP contribution in [0.2, 0.25) is 5.02 Å². The number of carbonyl (C=O) groups is 2. The quantitative estimate of drug-likeness (QED) is 0.204. The minimum absolute atomic E-state index is 0.0504. The van der Waals surface area contributed by atoms with Gasteiger partial charge in [0.2, 0.25) is 0 Å². The Morgan fingerprint density at radius 2 is 1.61 bits per heavy atom. The average Bonchev–Trinajstić information content (AvgIpc) is 3.17. The number of ketones is 1. The van der Waals surface area contributed by atoms with Crippen molar-refractivity contribution in [2.45, 2.75) is 33.7 Å². The zero-order valence-corrected chi connectivity index (χ0v) is 22.8. The Labute approximate surface area is 227 Å². The molecule has 1 aliphatic rings. The molecule has 0 aromatic heterocycles. The van der Waals surface area contributed by atoms with E-state index in [0.717, 1.165) is 11.1 Å². The Kier molecular flexibility index (Phi) is 7.97. The molecule has 1 heterocycles. The number of benzene rings is 3. The molecule has 38 heavy (non-hydrogen) atoms. The molecule has 1 unspecified atom stereocenters. The third-order valence-electron chi connectivity index (χ3n) is 6.52. The summed E-state index contributed by atoms with van der Waals surface area (Å²) in [5, 5.41) is 11.9. The number of methoxy groups -OCH3 is 1. The molecule has 7 nitrogen and oxygen atoms in total. The van der Waals surface area contributed by atoms with E-state index in [1.54, 1.807) is 42.5 Å². The summed E-state index contributed by atoms with van der Waals surface area (Å²) in [6, 6.07) is 14.6. The maximum absolute atomic E-state index is 13.5. The van der Waals surface area contributed by atoms with E-state index in [1.165, 1.54) is 12.0 Å². The lowest BCUT2D eigenvalue weighted by Gasteiger charge is -2.26. The lowest BCUT2D eigenvalue weighted by Crippen LogP contribution is -2.29. The van der Waals surface area contributed by atoms with Crippen molar-refractivity contribution in [3.63, 3.8) is 0 Å². The van der Waals surface area contributed by atoms with Gasteiger partial charge in [-0.15, -0.1) is 0 Å². The normalized spacial score (nSPS) is 16.6. The maximum Gasteiger partial charge on any atom is 0.300 e. The number of hydrogen-bond donors (Lipinski definition) is 1. The number of aliphatic hydroxyl groups excluding tert-OH is 1. The third-order valence-corrected chi connectivity index (χ3v) is 6.83. The number of ether oxygens (including phenoxy) is 3. The summed E-state index contributed by atoms with van der Waals surface area (Å²) < 4.78 is 16.8. The third kappa shape index (κ3) is 4.94. The number of aryl methyl sites for hydroxylation is 2. The molecule has 1 fully saturated rings. The highest BCUT2D eigenvalue weighted by molar-refractivity contribution is 6.51. The summed E-state index contributed by atoms with van der Waals surface area (Å²) >= 11 is 6.24. The standard InChI is InChI=1S/C30H30ClNO6/c1-6-37-24-16-20(9-12-22(24)31)28(33)26-27(19-10-13-23(36-5)25(15-19)38-7-2)32(30(35)29(26)34)21-11-8-17(3)18(4)14-21/h8-16,27,33H,6-7H2,1-5H3/b28-26+. The zero-order chi connectivity index (χ0) is 27.6. The van der Waals surface area contributed by atoms with Crippen LogP contribution in [0, 0.1) is 13.8 Å². The lowest BCUT2D eigenvalue weighted by molar-refractivity contribution is -0.132. The van der Waals surface area contributed by atoms with Gasteiger partial charge in [0.1, 0.15) is 11.5 Å². The van der Waals surface area contributed by atoms with Crippen LogP contribution in [-0.4, -0.2) is 37.1 Å². The SMILES string of the molecule is CCOc1cc(/C(O)=C2\C(=O)C(=O)N(c3ccc(C)c(C)c3)C2c2ccc(OC)c(OCC)c2)ccc1Cl. The van der Waals surface area contributed by atoms with Gasteiger partial charge in [-0.2, -0.15) is 0 Å². The van der Waals surface area contributed by atoms with Crippen LogP contribution < -0.4 is 19.1 Å². The van der Waals surface area contributed by atoms with Crippen LogP contribution in [0.3, 0.4) is 0 Å². The summed E-state index contributed by atoms with van der Waals surface area (Å²) in [6.45, 7) is 8.34. The number of carbonyl (C=O) groups excluding carboxylic acids is 2. The first-order valence-electron chi connectivity index (χ1n) is 12.3. The summed E-state index contributed by atoms with van der Waals surface area (Å²) in [4.78, 5) is 28.5. The van der Waals surface area contributed by atoms with Crippen LogP contribution in [-0.2, 0) is 9.59 Å². The molecule has 1 amide bonds. The molecule has 0 saturated carbocycles. The molecule has 4 rings (SSSR count). The Bertz CT molecular complexity index is 1430. The molecule has 1 N–H and O–H groups in total. The van der Waals surface area contributed by atoms with Crippen molar-refractivity contribution in [3.05, 3.63) is 87.4 Å². The predicted molar refractivity (Wildman–Crippen MR) is 147 cm³/mol. The van der Waals surface area contributed by atoms with Crippen molar-refractivity contribution in [2.75, 3.05) is 25.2 Å². The molecule has 198 valence electrons. The van der Waals surface area contributed by atoms with Crippen LogP contribution >= 0.6 is 11.6 Å². The van der Waals surface area contributed by atoms with Crippen LogP contribution in [0.4, 0.5) is 5.69 Å². The van der Waals surface area contributed by atoms with Gasteiger partial charge in [-0.05, 0) is 86.8 Å². The number of nitrogens with zero attached hydrogens (tertiary/aromatic N) is 1. The minimum Gasteiger partial charge on any atom is -0.507 e. The van der Waals surface area contributed by atoms with Crippen molar-refractivity contribution >= 4 is 34.7 Å². The first kappa shape index (κ1) is 27.1. The second-order valence-corrected chi connectivity index (χ2v) is 9.27. The van der Waals surface area contributed by atoms with E-state index in [0.29, 0.717) is 52.3 Å². The molecule has 8 heteroatoms. The molecule has 1 atom stereocenters. The second-order valence-electron chi connectivity index (χ2n) is 8.86. The van der Waals surface area contributed by atoms with Crippen LogP contribution in [0.1, 0.15) is 42.1 Å². The van der Waals surface area contributed by atoms with Crippen molar-refractivity contribution in [1.82, 2.24) is 0 Å². The number of Topliss-reactive ketones (excluding diaryl/α,β-unsaturated/α-hetero) is 1. The number of aliphatic hydroxyl groups is 1. The molecular weight excluding hydrogens is 506 g/mol. The average molecular weight is 536 g/mol. The molecule has 0 spiro atoms. The molecular formula is C30H30ClNO6. The van der Waals surface area contributed by atoms with Gasteiger partial charge in [0.25, 0.3) is 11.7 Å². The number of rotatable bonds is 8. The number of hydrogen-bond acceptors (Lipinski definition) is 6. The largest absolute Gasteiger partial charge is 0.507 e. The summed E-state index contributed by atoms with van der Waals surface area (Å²) in [7, 11) is 1.54. The van der Waals surface area contributed by atoms with Gasteiger partial charge in [-0.3, -0.25) is 14.5 Å². The van der Waals surface area contributed by atoms with E-state index in [1.807, 2.05) is 39.8 Å². The highest BCUT2D eigenvalue weighted by Gasteiger charge is 2.47. The van der Waals surface area contributed by atoms with E-state index in [4.69, 9.17) is 25.8 Å². The fourth-order valence-corrected chi connectivity index (χ4v) is 4.67. The molecule has 0 bridgehead atoms. The molecule has 1 aliphatic heterocycles. The lowest BCUT2D eigenvalue weighted by atomic mass is 9.94. The highest BCUT2D eigenvalue weighted by Crippen LogP contribution is 2.45. The fraction of sp³-hybridized carbons (Fsp3) is 0.267. The van der Waals surface area contributed by atoms with Gasteiger partial charge in [-0.25, -0.2) is 0 Å². The van der Waals surface area contributed by atoms with Gasteiger partial charge in [-0.1, -0.05) is 23.7 Å². The second kappa shape index (κ2) is 11.2. The Morgan fingerprint density at radius 3 is 2.26 bits per heavy atom. The summed E-state index contributed by atoms with van der Waals surface area (Å²) in [5.41, 5.74) is 3.39. The fourth-order valence-electron chi connectivity index (χ4n) is 4.49. The van der Waals surface area contributed by atoms with Crippen molar-refractivity contribution < 1.29 is 28.9 Å². The smallest absolute Gasteiger partial charge is 0.300 e. The van der Waals surface area contributed by atoms with Gasteiger partial charge in [0.15, 0.2) is 11.5 Å². The summed E-state index contributed by atoms with van der Waals surface area (Å²) in [5.74, 6) is -0.534. The first-order chi connectivity index (χ1) is 18.2. The highest BCUT2D eigenvalue weighted by atomic mass is 35.5. The van der Waals surface area contributed by atoms with E-state index in [-0.39, 0.29) is 11.3 Å². The van der Waals surface area contributed by atoms with Crippen molar-refractivity contribution in [2.24, 2.45) is 0 Å². The monoisotopic (exact) mass is 535 g/mol. The van der Waals surface area contributed by atoms with E-state index < -0.39 is 17.7 Å². The van der Waals surface area contributed by atoms with Gasteiger partial charge >= 0.3 is 0 Å². The van der Waals surface area contributed by atoms with E-state index in [2.05, 4.69) is 0 Å². The molecule has 0 radical (unpaired) electrons. The van der Waals surface area contributed by atoms with Crippen molar-refractivity contribution in [3.8, 4) is 17.2 Å². The predicted octanol–water partition coefficient (Wildman–Crippen LogP) is 6.39. The van der Waals surface area contributed by atoms with E-state index >= 15 is 0 Å². The van der Waals surface area contributed by atoms with Gasteiger partial charge < -0.3 is 19.3 Å². The molecule has 3 aromatic rings. The Morgan fingerprint density at radius 1 is 0.895 bits per heavy atom. The van der Waals surface area contributed by atoms with E-state index in [9.17, 15) is 14.7 Å². The summed E-state index contributed by atoms with van der Waals surface area (Å²) in [6.07, 6.45) is 0. The Balaban J connectivity index is 1.97. The number of anilines is 1. The maximum atomic E-state index is 13.5. The number of amides is 1. The van der Waals surface area contributed by atoms with Crippen LogP contribution in [0.25, 0.3) is 5.76 Å². The Hall–Kier alpha value is -3.97. The van der Waals surface area contributed by atoms with Gasteiger partial charge in [0.05, 0.1) is 37.0 Å². The molecule has 0 aliphatic carbocycles. The zero-order valence-electron chi connectivity index (χ0n) is 22.0. The molecule has 1 saturated heterocycles. The van der Waals surface area contributed by atoms with Crippen LogP contribution in [0.15, 0.2) is 60.2 Å². The minimum atomic E-state index is -0.923. The molecule has 3 aromatic carbocycles. The topological polar surface area (TPSA) is 85.3 Å². The first-order valence-corrected chi connectivity index (χ1v) is 12.7. The van der Waals surface area contributed by atoms with Crippen LogP contribution in [0.5, 0.6) is 17.2 Å². The number of halogens is 1. The van der Waals surface area contributed by atoms with Crippen molar-refractivity contribution in [1.29, 1.82) is 0 Å².